The molecule has 1 amide bonds. The molecule has 1 aliphatic rings. The number of nitrogens with zero attached hydrogens (tertiary/aromatic N) is 2. The maximum Gasteiger partial charge on any atom is 0.410 e. The number of hydrogen-bond acceptors (Lipinski definition) is 4. The molecule has 1 aromatic rings. The first-order valence-corrected chi connectivity index (χ1v) is 13.4. The monoisotopic (exact) mass is 418 g/mol. The Balaban J connectivity index is 2.03. The third-order valence-corrected chi connectivity index (χ3v) is 10.3. The first-order chi connectivity index (χ1) is 13.2. The lowest BCUT2D eigenvalue weighted by molar-refractivity contribution is 0.0270. The Labute approximate surface area is 177 Å². The van der Waals surface area contributed by atoms with Crippen LogP contribution in [0.4, 0.5) is 4.79 Å². The van der Waals surface area contributed by atoms with Gasteiger partial charge in [-0.05, 0) is 75.0 Å². The standard InChI is InChI=1S/C23H38N2O3Si/c1-17-14-19(15-24-20(17)16-27-29(8,9)23(5,6)7)18-10-12-25(13-11-18)21(26)28-22(2,3)4/h10,14-15H,11-13,16H2,1-9H3. The van der Waals surface area contributed by atoms with Gasteiger partial charge in [-0.2, -0.15) is 0 Å². The molecule has 2 rings (SSSR count). The van der Waals surface area contributed by atoms with Crippen molar-refractivity contribution in [3.8, 4) is 0 Å². The van der Waals surface area contributed by atoms with Gasteiger partial charge in [-0.3, -0.25) is 4.98 Å². The number of hydrogen-bond donors (Lipinski definition) is 0. The van der Waals surface area contributed by atoms with Crippen LogP contribution < -0.4 is 0 Å². The van der Waals surface area contributed by atoms with Gasteiger partial charge in [-0.25, -0.2) is 4.79 Å². The molecule has 0 fully saturated rings. The van der Waals surface area contributed by atoms with Crippen LogP contribution >= 0.6 is 0 Å². The second kappa shape index (κ2) is 8.60. The fourth-order valence-corrected chi connectivity index (χ4v) is 3.75. The van der Waals surface area contributed by atoms with Crippen LogP contribution in [0.1, 0.15) is 64.8 Å². The molecule has 0 spiro atoms. The highest BCUT2D eigenvalue weighted by Crippen LogP contribution is 2.37. The SMILES string of the molecule is Cc1cc(C2=CCN(C(=O)OC(C)(C)C)CC2)cnc1CO[Si](C)(C)C(C)(C)C. The number of amides is 1. The van der Waals surface area contributed by atoms with Crippen molar-refractivity contribution in [2.24, 2.45) is 0 Å². The molecule has 0 aromatic carbocycles. The van der Waals surface area contributed by atoms with Gasteiger partial charge in [0, 0.05) is 19.3 Å². The highest BCUT2D eigenvalue weighted by molar-refractivity contribution is 6.74. The van der Waals surface area contributed by atoms with Crippen LogP contribution in [0.25, 0.3) is 5.57 Å². The van der Waals surface area contributed by atoms with Crippen molar-refractivity contribution >= 4 is 20.0 Å². The van der Waals surface area contributed by atoms with E-state index in [0.29, 0.717) is 19.7 Å². The third-order valence-electron chi connectivity index (χ3n) is 5.79. The molecular weight excluding hydrogens is 380 g/mol. The summed E-state index contributed by atoms with van der Waals surface area (Å²) in [6.07, 6.45) is 4.60. The number of aromatic nitrogens is 1. The van der Waals surface area contributed by atoms with Crippen molar-refractivity contribution in [1.29, 1.82) is 0 Å². The summed E-state index contributed by atoms with van der Waals surface area (Å²) in [5, 5.41) is 0.188. The number of ether oxygens (including phenoxy) is 1. The molecule has 6 heteroatoms. The largest absolute Gasteiger partial charge is 0.444 e. The van der Waals surface area contributed by atoms with Crippen LogP contribution in [-0.2, 0) is 15.8 Å². The van der Waals surface area contributed by atoms with E-state index in [2.05, 4.69) is 52.9 Å². The number of rotatable bonds is 4. The van der Waals surface area contributed by atoms with E-state index in [4.69, 9.17) is 14.1 Å². The molecule has 1 aromatic heterocycles. The fourth-order valence-electron chi connectivity index (χ4n) is 2.82. The number of pyridine rings is 1. The van der Waals surface area contributed by atoms with Crippen molar-refractivity contribution < 1.29 is 14.0 Å². The quantitative estimate of drug-likeness (QED) is 0.568. The Morgan fingerprint density at radius 3 is 2.34 bits per heavy atom. The minimum Gasteiger partial charge on any atom is -0.444 e. The normalized spacial score (nSPS) is 15.9. The summed E-state index contributed by atoms with van der Waals surface area (Å²) >= 11 is 0. The second-order valence-electron chi connectivity index (χ2n) is 10.4. The average molecular weight is 419 g/mol. The summed E-state index contributed by atoms with van der Waals surface area (Å²) in [6, 6.07) is 2.19. The maximum absolute atomic E-state index is 12.2. The average Bonchev–Trinajstić information content (AvgIpc) is 2.58. The van der Waals surface area contributed by atoms with Crippen LogP contribution in [0.3, 0.4) is 0 Å². The van der Waals surface area contributed by atoms with E-state index >= 15 is 0 Å². The summed E-state index contributed by atoms with van der Waals surface area (Å²) in [6.45, 7) is 20.8. The summed E-state index contributed by atoms with van der Waals surface area (Å²) in [5.74, 6) is 0. The highest BCUT2D eigenvalue weighted by atomic mass is 28.4. The first kappa shape index (κ1) is 23.6. The van der Waals surface area contributed by atoms with Gasteiger partial charge >= 0.3 is 6.09 Å². The zero-order valence-corrected chi connectivity index (χ0v) is 20.7. The molecule has 0 saturated carbocycles. The van der Waals surface area contributed by atoms with Crippen molar-refractivity contribution in [2.75, 3.05) is 13.1 Å². The van der Waals surface area contributed by atoms with Gasteiger partial charge in [0.25, 0.3) is 0 Å². The molecule has 29 heavy (non-hydrogen) atoms. The van der Waals surface area contributed by atoms with E-state index in [1.54, 1.807) is 4.90 Å². The van der Waals surface area contributed by atoms with Gasteiger partial charge in [-0.15, -0.1) is 0 Å². The molecule has 0 unspecified atom stereocenters. The summed E-state index contributed by atoms with van der Waals surface area (Å²) in [7, 11) is -1.79. The van der Waals surface area contributed by atoms with Crippen LogP contribution in [0.2, 0.25) is 18.1 Å². The zero-order chi connectivity index (χ0) is 22.0. The lowest BCUT2D eigenvalue weighted by atomic mass is 9.99. The number of aryl methyl sites for hydroxylation is 1. The Kier molecular flexibility index (Phi) is 7.00. The Morgan fingerprint density at radius 2 is 1.86 bits per heavy atom. The molecule has 0 N–H and O–H groups in total. The van der Waals surface area contributed by atoms with Crippen molar-refractivity contribution in [3.05, 3.63) is 35.2 Å². The van der Waals surface area contributed by atoms with Crippen LogP contribution in [0.15, 0.2) is 18.3 Å². The van der Waals surface area contributed by atoms with Gasteiger partial charge in [-0.1, -0.05) is 26.8 Å². The molecule has 5 nitrogen and oxygen atoms in total. The van der Waals surface area contributed by atoms with E-state index in [0.717, 1.165) is 23.2 Å². The molecule has 0 radical (unpaired) electrons. The lowest BCUT2D eigenvalue weighted by Crippen LogP contribution is -2.40. The molecule has 162 valence electrons. The smallest absolute Gasteiger partial charge is 0.410 e. The first-order valence-electron chi connectivity index (χ1n) is 10.5. The van der Waals surface area contributed by atoms with Crippen LogP contribution in [-0.4, -0.2) is 43.0 Å². The van der Waals surface area contributed by atoms with Gasteiger partial charge in [0.2, 0.25) is 0 Å². The third kappa shape index (κ3) is 6.41. The predicted molar refractivity (Wildman–Crippen MR) is 121 cm³/mol. The van der Waals surface area contributed by atoms with Crippen molar-refractivity contribution in [1.82, 2.24) is 9.88 Å². The van der Waals surface area contributed by atoms with Gasteiger partial charge < -0.3 is 14.1 Å². The topological polar surface area (TPSA) is 51.7 Å². The van der Waals surface area contributed by atoms with Crippen molar-refractivity contribution in [3.63, 3.8) is 0 Å². The van der Waals surface area contributed by atoms with Gasteiger partial charge in [0.1, 0.15) is 5.60 Å². The molecule has 0 bridgehead atoms. The van der Waals surface area contributed by atoms with Gasteiger partial charge in [0.05, 0.1) is 12.3 Å². The van der Waals surface area contributed by atoms with E-state index in [1.165, 1.54) is 5.57 Å². The van der Waals surface area contributed by atoms with Crippen LogP contribution in [0, 0.1) is 6.92 Å². The molecule has 2 heterocycles. The number of carbonyl (C=O) groups is 1. The maximum atomic E-state index is 12.2. The number of carbonyl (C=O) groups excluding carboxylic acids is 1. The van der Waals surface area contributed by atoms with E-state index in [9.17, 15) is 4.79 Å². The Morgan fingerprint density at radius 1 is 1.21 bits per heavy atom. The van der Waals surface area contributed by atoms with E-state index in [1.807, 2.05) is 27.0 Å². The summed E-state index contributed by atoms with van der Waals surface area (Å²) < 4.78 is 11.8. The molecule has 0 aliphatic carbocycles. The predicted octanol–water partition coefficient (Wildman–Crippen LogP) is 5.94. The minimum absolute atomic E-state index is 0.188. The minimum atomic E-state index is -1.79. The molecular formula is C23H38N2O3Si. The second-order valence-corrected chi connectivity index (χ2v) is 15.3. The van der Waals surface area contributed by atoms with Crippen LogP contribution in [0.5, 0.6) is 0 Å². The van der Waals surface area contributed by atoms with Crippen molar-refractivity contribution in [2.45, 2.75) is 85.2 Å². The van der Waals surface area contributed by atoms with E-state index in [-0.39, 0.29) is 11.1 Å². The summed E-state index contributed by atoms with van der Waals surface area (Å²) in [5.41, 5.74) is 4.05. The summed E-state index contributed by atoms with van der Waals surface area (Å²) in [4.78, 5) is 18.7. The van der Waals surface area contributed by atoms with E-state index < -0.39 is 13.9 Å². The molecule has 0 atom stereocenters. The highest BCUT2D eigenvalue weighted by Gasteiger charge is 2.37. The lowest BCUT2D eigenvalue weighted by Gasteiger charge is -2.36. The molecule has 0 saturated heterocycles. The zero-order valence-electron chi connectivity index (χ0n) is 19.7. The molecule has 1 aliphatic heterocycles. The fraction of sp³-hybridized carbons (Fsp3) is 0.652. The van der Waals surface area contributed by atoms with Gasteiger partial charge in [0.15, 0.2) is 8.32 Å². The Hall–Kier alpha value is -1.66. The Bertz CT molecular complexity index is 773.